The van der Waals surface area contributed by atoms with Gasteiger partial charge in [-0.2, -0.15) is 15.1 Å². The van der Waals surface area contributed by atoms with Crippen molar-refractivity contribution >= 4 is 38.7 Å². The molecule has 0 atom stereocenters. The Labute approximate surface area is 117 Å². The van der Waals surface area contributed by atoms with Crippen LogP contribution in [0.3, 0.4) is 0 Å². The lowest BCUT2D eigenvalue weighted by Crippen LogP contribution is -2.05. The number of rotatable bonds is 3. The number of nitrogen functional groups attached to an aromatic ring is 1. The van der Waals surface area contributed by atoms with Crippen molar-refractivity contribution in [2.45, 2.75) is 6.54 Å². The van der Waals surface area contributed by atoms with Crippen LogP contribution in [0.1, 0.15) is 5.56 Å². The molecule has 6 nitrogen and oxygen atoms in total. The van der Waals surface area contributed by atoms with Crippen molar-refractivity contribution < 1.29 is 0 Å². The fraction of sp³-hybridized carbons (Fsp3) is 0.0833. The van der Waals surface area contributed by atoms with Gasteiger partial charge in [0.25, 0.3) is 0 Å². The molecular weight excluding hydrogens is 308 g/mol. The Morgan fingerprint density at radius 3 is 2.95 bits per heavy atom. The molecule has 2 heterocycles. The molecule has 96 valence electrons. The summed E-state index contributed by atoms with van der Waals surface area (Å²) in [5, 5.41) is 10.8. The van der Waals surface area contributed by atoms with Crippen LogP contribution in [0.2, 0.25) is 0 Å². The van der Waals surface area contributed by atoms with E-state index in [4.69, 9.17) is 5.73 Å². The molecule has 4 N–H and O–H groups in total. The molecule has 0 amide bonds. The smallest absolute Gasteiger partial charge is 0.224 e. The van der Waals surface area contributed by atoms with Gasteiger partial charge in [-0.1, -0.05) is 34.1 Å². The highest BCUT2D eigenvalue weighted by Gasteiger charge is 2.08. The molecule has 0 radical (unpaired) electrons. The first-order valence-electron chi connectivity index (χ1n) is 5.68. The van der Waals surface area contributed by atoms with E-state index in [9.17, 15) is 0 Å². The summed E-state index contributed by atoms with van der Waals surface area (Å²) in [6.07, 6.45) is 1.68. The fourth-order valence-electron chi connectivity index (χ4n) is 1.81. The monoisotopic (exact) mass is 318 g/mol. The highest BCUT2D eigenvalue weighted by atomic mass is 79.9. The van der Waals surface area contributed by atoms with E-state index in [-0.39, 0.29) is 5.95 Å². The minimum atomic E-state index is 0.214. The van der Waals surface area contributed by atoms with Crippen molar-refractivity contribution in [2.24, 2.45) is 0 Å². The molecule has 0 fully saturated rings. The van der Waals surface area contributed by atoms with Crippen molar-refractivity contribution in [3.8, 4) is 0 Å². The van der Waals surface area contributed by atoms with Crippen LogP contribution in [0.5, 0.6) is 0 Å². The number of aromatic nitrogens is 4. The first kappa shape index (κ1) is 11.9. The van der Waals surface area contributed by atoms with Gasteiger partial charge in [0, 0.05) is 11.0 Å². The Kier molecular flexibility index (Phi) is 3.04. The molecule has 19 heavy (non-hydrogen) atoms. The number of fused-ring (bicyclic) bond motifs is 1. The number of aromatic amines is 1. The number of benzene rings is 1. The molecule has 7 heteroatoms. The van der Waals surface area contributed by atoms with E-state index >= 15 is 0 Å². The molecular formula is C12H11BrN6. The zero-order valence-electron chi connectivity index (χ0n) is 9.89. The van der Waals surface area contributed by atoms with Gasteiger partial charge in [0.05, 0.1) is 11.6 Å². The van der Waals surface area contributed by atoms with Crippen molar-refractivity contribution in [1.82, 2.24) is 20.2 Å². The molecule has 0 saturated carbocycles. The number of nitrogens with zero attached hydrogens (tertiary/aromatic N) is 3. The van der Waals surface area contributed by atoms with Crippen LogP contribution in [-0.4, -0.2) is 20.2 Å². The summed E-state index contributed by atoms with van der Waals surface area (Å²) in [6, 6.07) is 8.00. The van der Waals surface area contributed by atoms with Gasteiger partial charge in [0.15, 0.2) is 5.65 Å². The average molecular weight is 319 g/mol. The van der Waals surface area contributed by atoms with Gasteiger partial charge in [-0.05, 0) is 11.6 Å². The second kappa shape index (κ2) is 4.85. The fourth-order valence-corrected chi connectivity index (χ4v) is 2.23. The van der Waals surface area contributed by atoms with Gasteiger partial charge in [-0.3, -0.25) is 5.10 Å². The van der Waals surface area contributed by atoms with Crippen molar-refractivity contribution in [3.63, 3.8) is 0 Å². The minimum absolute atomic E-state index is 0.214. The third kappa shape index (κ3) is 2.37. The molecule has 0 aliphatic rings. The maximum Gasteiger partial charge on any atom is 0.224 e. The van der Waals surface area contributed by atoms with Gasteiger partial charge in [0.1, 0.15) is 5.82 Å². The summed E-state index contributed by atoms with van der Waals surface area (Å²) in [5.41, 5.74) is 7.43. The number of nitrogens with one attached hydrogen (secondary N) is 2. The van der Waals surface area contributed by atoms with Crippen molar-refractivity contribution in [2.75, 3.05) is 11.1 Å². The first-order valence-corrected chi connectivity index (χ1v) is 6.47. The second-order valence-electron chi connectivity index (χ2n) is 4.01. The molecule has 3 rings (SSSR count). The van der Waals surface area contributed by atoms with Crippen LogP contribution in [-0.2, 0) is 6.54 Å². The number of nitrogens with two attached hydrogens (primary N) is 1. The highest BCUT2D eigenvalue weighted by Crippen LogP contribution is 2.21. The van der Waals surface area contributed by atoms with E-state index in [1.54, 1.807) is 6.20 Å². The molecule has 0 bridgehead atoms. The summed E-state index contributed by atoms with van der Waals surface area (Å²) >= 11 is 3.51. The molecule has 3 aromatic rings. The van der Waals surface area contributed by atoms with Crippen molar-refractivity contribution in [3.05, 3.63) is 40.5 Å². The number of anilines is 2. The molecule has 0 aliphatic heterocycles. The SMILES string of the molecule is Nc1nc(NCc2ccccc2Br)c2cn[nH]c2n1. The van der Waals surface area contributed by atoms with Gasteiger partial charge < -0.3 is 11.1 Å². The third-order valence-corrected chi connectivity index (χ3v) is 3.50. The zero-order valence-corrected chi connectivity index (χ0v) is 11.5. The lowest BCUT2D eigenvalue weighted by atomic mass is 10.2. The number of hydrogen-bond donors (Lipinski definition) is 3. The molecule has 0 unspecified atom stereocenters. The standard InChI is InChI=1S/C12H11BrN6/c13-9-4-2-1-3-7(9)5-15-10-8-6-16-19-11(8)18-12(14)17-10/h1-4,6H,5H2,(H4,14,15,16,17,18,19). The molecule has 2 aromatic heterocycles. The predicted octanol–water partition coefficient (Wildman–Crippen LogP) is 2.31. The summed E-state index contributed by atoms with van der Waals surface area (Å²) in [7, 11) is 0. The maximum atomic E-state index is 5.66. The zero-order chi connectivity index (χ0) is 13.2. The molecule has 0 aliphatic carbocycles. The molecule has 0 saturated heterocycles. The van der Waals surface area contributed by atoms with E-state index in [2.05, 4.69) is 41.4 Å². The van der Waals surface area contributed by atoms with Crippen LogP contribution in [0.25, 0.3) is 11.0 Å². The van der Waals surface area contributed by atoms with Gasteiger partial charge in [-0.15, -0.1) is 0 Å². The van der Waals surface area contributed by atoms with Gasteiger partial charge >= 0.3 is 0 Å². The van der Waals surface area contributed by atoms with E-state index in [1.807, 2.05) is 24.3 Å². The molecule has 1 aromatic carbocycles. The van der Waals surface area contributed by atoms with Gasteiger partial charge in [0.2, 0.25) is 5.95 Å². The summed E-state index contributed by atoms with van der Waals surface area (Å²) < 4.78 is 1.05. The Balaban J connectivity index is 1.90. The summed E-state index contributed by atoms with van der Waals surface area (Å²) in [4.78, 5) is 8.27. The number of H-pyrrole nitrogens is 1. The lowest BCUT2D eigenvalue weighted by molar-refractivity contribution is 1.08. The van der Waals surface area contributed by atoms with E-state index in [0.29, 0.717) is 18.0 Å². The highest BCUT2D eigenvalue weighted by molar-refractivity contribution is 9.10. The maximum absolute atomic E-state index is 5.66. The first-order chi connectivity index (χ1) is 9.24. The predicted molar refractivity (Wildman–Crippen MR) is 77.6 cm³/mol. The Morgan fingerprint density at radius 2 is 2.11 bits per heavy atom. The van der Waals surface area contributed by atoms with Gasteiger partial charge in [-0.25, -0.2) is 0 Å². The van der Waals surface area contributed by atoms with Crippen LogP contribution in [0.4, 0.5) is 11.8 Å². The quantitative estimate of drug-likeness (QED) is 0.689. The normalized spacial score (nSPS) is 10.8. The van der Waals surface area contributed by atoms with Crippen LogP contribution < -0.4 is 11.1 Å². The van der Waals surface area contributed by atoms with E-state index in [0.717, 1.165) is 15.4 Å². The second-order valence-corrected chi connectivity index (χ2v) is 4.86. The topological polar surface area (TPSA) is 92.5 Å². The summed E-state index contributed by atoms with van der Waals surface area (Å²) in [5.74, 6) is 0.887. The summed E-state index contributed by atoms with van der Waals surface area (Å²) in [6.45, 7) is 0.637. The average Bonchev–Trinajstić information content (AvgIpc) is 2.85. The van der Waals surface area contributed by atoms with E-state index < -0.39 is 0 Å². The number of hydrogen-bond acceptors (Lipinski definition) is 5. The Hall–Kier alpha value is -2.15. The largest absolute Gasteiger partial charge is 0.368 e. The third-order valence-electron chi connectivity index (χ3n) is 2.73. The van der Waals surface area contributed by atoms with Crippen LogP contribution >= 0.6 is 15.9 Å². The Bertz CT molecular complexity index is 723. The van der Waals surface area contributed by atoms with E-state index in [1.165, 1.54) is 0 Å². The van der Waals surface area contributed by atoms with Crippen molar-refractivity contribution in [1.29, 1.82) is 0 Å². The number of halogens is 1. The molecule has 0 spiro atoms. The van der Waals surface area contributed by atoms with Crippen LogP contribution in [0.15, 0.2) is 34.9 Å². The van der Waals surface area contributed by atoms with Crippen LogP contribution in [0, 0.1) is 0 Å². The lowest BCUT2D eigenvalue weighted by Gasteiger charge is -2.08. The minimum Gasteiger partial charge on any atom is -0.368 e. The Morgan fingerprint density at radius 1 is 1.26 bits per heavy atom.